The van der Waals surface area contributed by atoms with Gasteiger partial charge in [0.05, 0.1) is 6.20 Å². The molecule has 0 aromatic carbocycles. The van der Waals surface area contributed by atoms with Crippen LogP contribution in [0, 0.1) is 0 Å². The second-order valence-electron chi connectivity index (χ2n) is 2.90. The first-order valence-corrected chi connectivity index (χ1v) is 4.61. The van der Waals surface area contributed by atoms with Crippen LogP contribution in [0.2, 0.25) is 5.02 Å². The summed E-state index contributed by atoms with van der Waals surface area (Å²) in [7, 11) is 0. The van der Waals surface area contributed by atoms with Gasteiger partial charge in [0.1, 0.15) is 11.3 Å². The number of hydrogen-bond donors (Lipinski definition) is 0. The number of halogens is 1. The van der Waals surface area contributed by atoms with E-state index < -0.39 is 0 Å². The Balaban J connectivity index is 2.24. The third-order valence-electron chi connectivity index (χ3n) is 2.01. The molecule has 0 amide bonds. The van der Waals surface area contributed by atoms with Gasteiger partial charge in [0.25, 0.3) is 0 Å². The van der Waals surface area contributed by atoms with Crippen LogP contribution >= 0.6 is 11.6 Å². The fraction of sp³-hybridized carbons (Fsp3) is 0.333. The van der Waals surface area contributed by atoms with Crippen LogP contribution in [0.1, 0.15) is 6.42 Å². The Morgan fingerprint density at radius 1 is 1.38 bits per heavy atom. The van der Waals surface area contributed by atoms with Crippen molar-refractivity contribution in [3.05, 3.63) is 29.7 Å². The molecule has 13 heavy (non-hydrogen) atoms. The molecule has 0 fully saturated rings. The molecule has 0 bridgehead atoms. The van der Waals surface area contributed by atoms with Gasteiger partial charge >= 0.3 is 0 Å². The summed E-state index contributed by atoms with van der Waals surface area (Å²) in [5.41, 5.74) is 0. The largest absolute Gasteiger partial charge is 0.351 e. The van der Waals surface area contributed by atoms with E-state index in [1.165, 1.54) is 6.33 Å². The summed E-state index contributed by atoms with van der Waals surface area (Å²) in [6.45, 7) is 1.87. The predicted octanol–water partition coefficient (Wildman–Crippen LogP) is 1.90. The van der Waals surface area contributed by atoms with Gasteiger partial charge in [-0.05, 0) is 6.42 Å². The molecule has 0 saturated carbocycles. The summed E-state index contributed by atoms with van der Waals surface area (Å²) in [5.74, 6) is 0.834. The average molecular weight is 196 g/mol. The third kappa shape index (κ3) is 1.80. The van der Waals surface area contributed by atoms with E-state index in [9.17, 15) is 0 Å². The highest BCUT2D eigenvalue weighted by molar-refractivity contribution is 6.32. The maximum atomic E-state index is 5.97. The minimum Gasteiger partial charge on any atom is -0.351 e. The molecule has 3 nitrogen and oxygen atoms in total. The van der Waals surface area contributed by atoms with Crippen molar-refractivity contribution in [2.45, 2.75) is 6.42 Å². The molecule has 0 unspecified atom stereocenters. The smallest absolute Gasteiger partial charge is 0.151 e. The number of aromatic nitrogens is 2. The molecule has 2 heterocycles. The zero-order valence-electron chi connectivity index (χ0n) is 7.15. The molecule has 1 aromatic rings. The van der Waals surface area contributed by atoms with Crippen molar-refractivity contribution in [2.24, 2.45) is 0 Å². The first-order chi connectivity index (χ1) is 6.38. The fourth-order valence-corrected chi connectivity index (χ4v) is 1.60. The molecular weight excluding hydrogens is 186 g/mol. The Morgan fingerprint density at radius 2 is 2.31 bits per heavy atom. The van der Waals surface area contributed by atoms with Crippen molar-refractivity contribution in [3.8, 4) is 0 Å². The van der Waals surface area contributed by atoms with Gasteiger partial charge in [0.15, 0.2) is 5.82 Å². The number of anilines is 1. The van der Waals surface area contributed by atoms with Gasteiger partial charge in [-0.3, -0.25) is 0 Å². The van der Waals surface area contributed by atoms with Crippen molar-refractivity contribution < 1.29 is 0 Å². The summed E-state index contributed by atoms with van der Waals surface area (Å²) >= 11 is 5.97. The Morgan fingerprint density at radius 3 is 3.00 bits per heavy atom. The van der Waals surface area contributed by atoms with Crippen molar-refractivity contribution in [1.82, 2.24) is 9.97 Å². The lowest BCUT2D eigenvalue weighted by Gasteiger charge is -2.24. The quantitative estimate of drug-likeness (QED) is 0.641. The second-order valence-corrected chi connectivity index (χ2v) is 3.31. The minimum absolute atomic E-state index is 0.623. The number of rotatable bonds is 1. The van der Waals surface area contributed by atoms with Crippen LogP contribution in [-0.2, 0) is 0 Å². The molecule has 4 heteroatoms. The van der Waals surface area contributed by atoms with Gasteiger partial charge in [-0.2, -0.15) is 0 Å². The molecule has 0 saturated heterocycles. The van der Waals surface area contributed by atoms with Gasteiger partial charge in [-0.1, -0.05) is 23.8 Å². The normalized spacial score (nSPS) is 16.2. The zero-order chi connectivity index (χ0) is 9.10. The first-order valence-electron chi connectivity index (χ1n) is 4.23. The van der Waals surface area contributed by atoms with Crippen LogP contribution in [0.4, 0.5) is 5.82 Å². The van der Waals surface area contributed by atoms with Crippen LogP contribution < -0.4 is 4.90 Å². The maximum absolute atomic E-state index is 5.97. The molecule has 68 valence electrons. The van der Waals surface area contributed by atoms with E-state index in [1.807, 2.05) is 0 Å². The average Bonchev–Trinajstić information content (AvgIpc) is 2.20. The lowest BCUT2D eigenvalue weighted by Crippen LogP contribution is -2.27. The molecular formula is C9H10ClN3. The number of hydrogen-bond acceptors (Lipinski definition) is 3. The molecule has 0 atom stereocenters. The topological polar surface area (TPSA) is 29.0 Å². The van der Waals surface area contributed by atoms with Crippen molar-refractivity contribution >= 4 is 17.4 Å². The summed E-state index contributed by atoms with van der Waals surface area (Å²) in [6, 6.07) is 0. The Labute approximate surface area is 82.1 Å². The monoisotopic (exact) mass is 195 g/mol. The minimum atomic E-state index is 0.623. The molecule has 0 N–H and O–H groups in total. The Kier molecular flexibility index (Phi) is 2.45. The van der Waals surface area contributed by atoms with Crippen molar-refractivity contribution in [3.63, 3.8) is 0 Å². The van der Waals surface area contributed by atoms with Gasteiger partial charge in [0.2, 0.25) is 0 Å². The Bertz CT molecular complexity index is 324. The first kappa shape index (κ1) is 8.51. The highest BCUT2D eigenvalue weighted by Crippen LogP contribution is 2.22. The van der Waals surface area contributed by atoms with E-state index in [2.05, 4.69) is 27.0 Å². The van der Waals surface area contributed by atoms with E-state index in [0.29, 0.717) is 5.02 Å². The molecule has 1 aromatic heterocycles. The van der Waals surface area contributed by atoms with Crippen LogP contribution in [0.25, 0.3) is 0 Å². The lowest BCUT2D eigenvalue weighted by atomic mass is 10.2. The Hall–Kier alpha value is -1.09. The van der Waals surface area contributed by atoms with Crippen LogP contribution in [0.5, 0.6) is 0 Å². The predicted molar refractivity (Wildman–Crippen MR) is 53.0 cm³/mol. The highest BCUT2D eigenvalue weighted by atomic mass is 35.5. The second kappa shape index (κ2) is 3.75. The van der Waals surface area contributed by atoms with E-state index in [4.69, 9.17) is 11.6 Å². The molecule has 0 radical (unpaired) electrons. The molecule has 1 aliphatic rings. The summed E-state index contributed by atoms with van der Waals surface area (Å²) < 4.78 is 0. The van der Waals surface area contributed by atoms with E-state index >= 15 is 0 Å². The summed E-state index contributed by atoms with van der Waals surface area (Å²) in [4.78, 5) is 10.1. The van der Waals surface area contributed by atoms with E-state index in [-0.39, 0.29) is 0 Å². The van der Waals surface area contributed by atoms with Gasteiger partial charge in [-0.25, -0.2) is 9.97 Å². The standard InChI is InChI=1S/C9H10ClN3/c10-8-6-11-7-12-9(8)13-4-2-1-3-5-13/h1-2,6-7H,3-5H2. The molecule has 0 aliphatic carbocycles. The molecule has 0 spiro atoms. The van der Waals surface area contributed by atoms with Crippen molar-refractivity contribution in [2.75, 3.05) is 18.0 Å². The van der Waals surface area contributed by atoms with Crippen LogP contribution in [-0.4, -0.2) is 23.1 Å². The van der Waals surface area contributed by atoms with Crippen molar-refractivity contribution in [1.29, 1.82) is 0 Å². The highest BCUT2D eigenvalue weighted by Gasteiger charge is 2.11. The lowest BCUT2D eigenvalue weighted by molar-refractivity contribution is 0.803. The summed E-state index contributed by atoms with van der Waals surface area (Å²) in [5, 5.41) is 0.623. The van der Waals surface area contributed by atoms with Gasteiger partial charge in [0, 0.05) is 13.1 Å². The van der Waals surface area contributed by atoms with Gasteiger partial charge in [-0.15, -0.1) is 0 Å². The number of nitrogens with zero attached hydrogens (tertiary/aromatic N) is 3. The maximum Gasteiger partial charge on any atom is 0.151 e. The summed E-state index contributed by atoms with van der Waals surface area (Å²) in [6.07, 6.45) is 8.51. The molecule has 1 aliphatic heterocycles. The SMILES string of the molecule is Clc1cncnc1N1CC=CCC1. The van der Waals surface area contributed by atoms with Crippen LogP contribution in [0.3, 0.4) is 0 Å². The third-order valence-corrected chi connectivity index (χ3v) is 2.27. The van der Waals surface area contributed by atoms with Gasteiger partial charge < -0.3 is 4.90 Å². The zero-order valence-corrected chi connectivity index (χ0v) is 7.91. The van der Waals surface area contributed by atoms with Crippen LogP contribution in [0.15, 0.2) is 24.7 Å². The van der Waals surface area contributed by atoms with E-state index in [0.717, 1.165) is 25.3 Å². The van der Waals surface area contributed by atoms with E-state index in [1.54, 1.807) is 6.20 Å². The molecule has 2 rings (SSSR count). The fourth-order valence-electron chi connectivity index (χ4n) is 1.37.